The standard InChI is InChI=1S/C23H28N4O2S/c1-4-28-23(25-26-24)14-9-19-7-10-20(11-8-19)29-16-15-27-17(2)5-12-21(27)22-13-6-18(3)30-22/h5-8,10-13,23H,4,9,14-16H2,1-3H3/t23-/m0/s1. The van der Waals surface area contributed by atoms with Gasteiger partial charge in [-0.1, -0.05) is 17.2 Å². The smallest absolute Gasteiger partial charge is 0.136 e. The van der Waals surface area contributed by atoms with Crippen molar-refractivity contribution < 1.29 is 9.47 Å². The van der Waals surface area contributed by atoms with Gasteiger partial charge in [-0.15, -0.1) is 11.3 Å². The lowest BCUT2D eigenvalue weighted by atomic mass is 10.1. The zero-order valence-electron chi connectivity index (χ0n) is 17.7. The van der Waals surface area contributed by atoms with Gasteiger partial charge in [0.25, 0.3) is 0 Å². The molecule has 3 rings (SSSR count). The lowest BCUT2D eigenvalue weighted by Crippen LogP contribution is -2.11. The summed E-state index contributed by atoms with van der Waals surface area (Å²) in [7, 11) is 0. The SMILES string of the molecule is CCO[C@@H](CCc1ccc(OCCn2c(C)ccc2-c2ccc(C)s2)cc1)N=[N+]=[N-]. The van der Waals surface area contributed by atoms with Crippen molar-refractivity contribution in [3.05, 3.63) is 75.1 Å². The molecule has 0 aliphatic carbocycles. The van der Waals surface area contributed by atoms with Gasteiger partial charge >= 0.3 is 0 Å². The number of benzene rings is 1. The quantitative estimate of drug-likeness (QED) is 0.200. The Kier molecular flexibility index (Phi) is 7.97. The summed E-state index contributed by atoms with van der Waals surface area (Å²) < 4.78 is 13.7. The average Bonchev–Trinajstić information content (AvgIpc) is 3.33. The van der Waals surface area contributed by atoms with E-state index in [0.29, 0.717) is 19.6 Å². The van der Waals surface area contributed by atoms with Crippen LogP contribution >= 0.6 is 11.3 Å². The molecule has 0 spiro atoms. The van der Waals surface area contributed by atoms with Crippen molar-refractivity contribution >= 4 is 11.3 Å². The molecule has 0 N–H and O–H groups in total. The topological polar surface area (TPSA) is 72.2 Å². The first kappa shape index (κ1) is 22.0. The summed E-state index contributed by atoms with van der Waals surface area (Å²) in [5.74, 6) is 0.855. The fraction of sp³-hybridized carbons (Fsp3) is 0.391. The highest BCUT2D eigenvalue weighted by atomic mass is 32.1. The second-order valence-electron chi connectivity index (χ2n) is 7.07. The van der Waals surface area contributed by atoms with Crippen molar-refractivity contribution in [3.63, 3.8) is 0 Å². The monoisotopic (exact) mass is 424 g/mol. The van der Waals surface area contributed by atoms with Crippen molar-refractivity contribution in [1.82, 2.24) is 4.57 Å². The van der Waals surface area contributed by atoms with Crippen LogP contribution in [-0.4, -0.2) is 24.0 Å². The number of ether oxygens (including phenoxy) is 2. The molecule has 158 valence electrons. The van der Waals surface area contributed by atoms with E-state index in [0.717, 1.165) is 24.3 Å². The van der Waals surface area contributed by atoms with E-state index in [9.17, 15) is 0 Å². The zero-order chi connectivity index (χ0) is 21.3. The fourth-order valence-electron chi connectivity index (χ4n) is 3.38. The Morgan fingerprint density at radius 3 is 2.57 bits per heavy atom. The normalized spacial score (nSPS) is 11.8. The molecular weight excluding hydrogens is 396 g/mol. The predicted molar refractivity (Wildman–Crippen MR) is 122 cm³/mol. The number of hydrogen-bond donors (Lipinski definition) is 0. The molecule has 2 heterocycles. The van der Waals surface area contributed by atoms with Crippen LogP contribution in [0.25, 0.3) is 21.0 Å². The summed E-state index contributed by atoms with van der Waals surface area (Å²) in [6.45, 7) is 8.10. The molecule has 0 unspecified atom stereocenters. The van der Waals surface area contributed by atoms with Gasteiger partial charge in [0.1, 0.15) is 18.6 Å². The molecule has 0 aliphatic rings. The van der Waals surface area contributed by atoms with Crippen LogP contribution in [-0.2, 0) is 17.7 Å². The van der Waals surface area contributed by atoms with Crippen LogP contribution < -0.4 is 4.74 Å². The van der Waals surface area contributed by atoms with Crippen LogP contribution in [0.5, 0.6) is 5.75 Å². The summed E-state index contributed by atoms with van der Waals surface area (Å²) in [5, 5.41) is 3.68. The molecule has 30 heavy (non-hydrogen) atoms. The van der Waals surface area contributed by atoms with Crippen LogP contribution in [0.2, 0.25) is 0 Å². The van der Waals surface area contributed by atoms with Crippen molar-refractivity contribution in [2.45, 2.75) is 46.4 Å². The van der Waals surface area contributed by atoms with Gasteiger partial charge in [0, 0.05) is 22.1 Å². The highest BCUT2D eigenvalue weighted by molar-refractivity contribution is 7.15. The number of nitrogens with zero attached hydrogens (tertiary/aromatic N) is 4. The Hall–Kier alpha value is -2.73. The Bertz CT molecular complexity index is 987. The highest BCUT2D eigenvalue weighted by Gasteiger charge is 2.10. The molecule has 0 aliphatic heterocycles. The van der Waals surface area contributed by atoms with Gasteiger partial charge in [-0.05, 0) is 81.1 Å². The van der Waals surface area contributed by atoms with Gasteiger partial charge in [0.15, 0.2) is 0 Å². The van der Waals surface area contributed by atoms with Crippen molar-refractivity contribution in [1.29, 1.82) is 0 Å². The highest BCUT2D eigenvalue weighted by Crippen LogP contribution is 2.29. The van der Waals surface area contributed by atoms with Gasteiger partial charge in [-0.25, -0.2) is 0 Å². The van der Waals surface area contributed by atoms with Gasteiger partial charge in [-0.3, -0.25) is 0 Å². The molecule has 1 aromatic carbocycles. The molecule has 0 radical (unpaired) electrons. The van der Waals surface area contributed by atoms with E-state index in [1.165, 1.54) is 21.1 Å². The number of azide groups is 1. The van der Waals surface area contributed by atoms with Crippen LogP contribution in [0.3, 0.4) is 0 Å². The molecule has 0 bridgehead atoms. The van der Waals surface area contributed by atoms with E-state index >= 15 is 0 Å². The second kappa shape index (κ2) is 10.9. The minimum absolute atomic E-state index is 0.415. The Morgan fingerprint density at radius 2 is 1.90 bits per heavy atom. The largest absolute Gasteiger partial charge is 0.492 e. The zero-order valence-corrected chi connectivity index (χ0v) is 18.6. The summed E-state index contributed by atoms with van der Waals surface area (Å²) in [6.07, 6.45) is 1.04. The van der Waals surface area contributed by atoms with Crippen LogP contribution in [0.15, 0.2) is 53.6 Å². The van der Waals surface area contributed by atoms with Crippen LogP contribution in [0, 0.1) is 13.8 Å². The van der Waals surface area contributed by atoms with Gasteiger partial charge < -0.3 is 14.0 Å². The Morgan fingerprint density at radius 1 is 1.10 bits per heavy atom. The van der Waals surface area contributed by atoms with Gasteiger partial charge in [-0.2, -0.15) is 0 Å². The third-order valence-corrected chi connectivity index (χ3v) is 5.94. The minimum atomic E-state index is -0.415. The van der Waals surface area contributed by atoms with E-state index in [2.05, 4.69) is 64.8 Å². The molecule has 0 fully saturated rings. The first-order chi connectivity index (χ1) is 14.6. The Balaban J connectivity index is 1.53. The maximum absolute atomic E-state index is 8.61. The molecule has 1 atom stereocenters. The first-order valence-electron chi connectivity index (χ1n) is 10.2. The lowest BCUT2D eigenvalue weighted by Gasteiger charge is -2.13. The molecule has 7 heteroatoms. The van der Waals surface area contributed by atoms with E-state index in [4.69, 9.17) is 15.0 Å². The van der Waals surface area contributed by atoms with Crippen molar-refractivity contribution in [2.75, 3.05) is 13.2 Å². The predicted octanol–water partition coefficient (Wildman–Crippen LogP) is 6.52. The van der Waals surface area contributed by atoms with Crippen molar-refractivity contribution in [2.24, 2.45) is 5.11 Å². The third kappa shape index (κ3) is 5.89. The van der Waals surface area contributed by atoms with Gasteiger partial charge in [0.05, 0.1) is 17.1 Å². The van der Waals surface area contributed by atoms with Gasteiger partial charge in [0.2, 0.25) is 0 Å². The summed E-state index contributed by atoms with van der Waals surface area (Å²) >= 11 is 1.82. The lowest BCUT2D eigenvalue weighted by molar-refractivity contribution is 0.0621. The number of rotatable bonds is 11. The average molecular weight is 425 g/mol. The first-order valence-corrected chi connectivity index (χ1v) is 11.0. The molecule has 3 aromatic rings. The minimum Gasteiger partial charge on any atom is -0.492 e. The second-order valence-corrected chi connectivity index (χ2v) is 8.36. The number of aryl methyl sites for hydroxylation is 3. The van der Waals surface area contributed by atoms with E-state index in [1.54, 1.807) is 0 Å². The number of hydrogen-bond acceptors (Lipinski definition) is 4. The van der Waals surface area contributed by atoms with E-state index < -0.39 is 6.23 Å². The summed E-state index contributed by atoms with van der Waals surface area (Å²) in [5.41, 5.74) is 12.3. The summed E-state index contributed by atoms with van der Waals surface area (Å²) in [6, 6.07) is 16.8. The maximum Gasteiger partial charge on any atom is 0.136 e. The van der Waals surface area contributed by atoms with Crippen LogP contribution in [0.1, 0.15) is 29.5 Å². The molecular formula is C23H28N4O2S. The number of aromatic nitrogens is 1. The molecule has 0 saturated heterocycles. The van der Waals surface area contributed by atoms with E-state index in [-0.39, 0.29) is 0 Å². The summed E-state index contributed by atoms with van der Waals surface area (Å²) in [4.78, 5) is 5.45. The molecule has 6 nitrogen and oxygen atoms in total. The van der Waals surface area contributed by atoms with Crippen LogP contribution in [0.4, 0.5) is 0 Å². The molecule has 2 aromatic heterocycles. The third-order valence-electron chi connectivity index (χ3n) is 4.92. The Labute approximate surface area is 181 Å². The van der Waals surface area contributed by atoms with Crippen molar-refractivity contribution in [3.8, 4) is 16.3 Å². The molecule has 0 amide bonds. The number of thiophene rings is 1. The van der Waals surface area contributed by atoms with E-state index in [1.807, 2.05) is 30.4 Å². The molecule has 0 saturated carbocycles. The maximum atomic E-state index is 8.61. The fourth-order valence-corrected chi connectivity index (χ4v) is 4.28.